The maximum Gasteiger partial charge on any atom is 0.272 e. The van der Waals surface area contributed by atoms with Gasteiger partial charge in [-0.2, -0.15) is 0 Å². The Morgan fingerprint density at radius 3 is 2.48 bits per heavy atom. The number of hydrogen-bond donors (Lipinski definition) is 0. The Morgan fingerprint density at radius 2 is 1.67 bits per heavy atom. The summed E-state index contributed by atoms with van der Waals surface area (Å²) in [7, 11) is 0. The Labute approximate surface area is 156 Å². The lowest BCUT2D eigenvalue weighted by atomic mass is 9.90. The van der Waals surface area contributed by atoms with E-state index in [0.717, 1.165) is 46.3 Å². The molecule has 4 nitrogen and oxygen atoms in total. The molecule has 0 N–H and O–H groups in total. The quantitative estimate of drug-likeness (QED) is 0.296. The van der Waals surface area contributed by atoms with E-state index in [0.29, 0.717) is 0 Å². The van der Waals surface area contributed by atoms with Crippen LogP contribution in [-0.4, -0.2) is 9.49 Å². The molecular weight excluding hydrogens is 336 g/mol. The normalized spacial score (nSPS) is 12.6. The number of hydrogen-bond acceptors (Lipinski definition) is 2. The second-order valence-electron chi connectivity index (χ2n) is 7.12. The van der Waals surface area contributed by atoms with E-state index < -0.39 is 0 Å². The van der Waals surface area contributed by atoms with E-state index in [1.54, 1.807) is 6.07 Å². The number of nitrogens with zero attached hydrogens (tertiary/aromatic N) is 2. The minimum absolute atomic E-state index is 0.180. The number of fused-ring (bicyclic) bond motifs is 6. The van der Waals surface area contributed by atoms with Crippen LogP contribution in [0.1, 0.15) is 22.3 Å². The lowest BCUT2D eigenvalue weighted by Crippen LogP contribution is -2.11. The predicted octanol–water partition coefficient (Wildman–Crippen LogP) is 5.48. The molecule has 3 aromatic carbocycles. The van der Waals surface area contributed by atoms with E-state index in [-0.39, 0.29) is 10.6 Å². The largest absolute Gasteiger partial charge is 0.336 e. The van der Waals surface area contributed by atoms with Gasteiger partial charge in [0.25, 0.3) is 5.69 Å². The molecule has 0 amide bonds. The molecule has 0 spiro atoms. The molecule has 0 aliphatic carbocycles. The van der Waals surface area contributed by atoms with Crippen molar-refractivity contribution in [2.24, 2.45) is 0 Å². The molecule has 0 fully saturated rings. The van der Waals surface area contributed by atoms with Crippen molar-refractivity contribution in [2.45, 2.75) is 19.9 Å². The number of para-hydroxylation sites is 1. The molecule has 0 radical (unpaired) electrons. The first-order valence-electron chi connectivity index (χ1n) is 9.06. The molecule has 0 unspecified atom stereocenters. The molecule has 1 aliphatic heterocycles. The SMILES string of the molecule is Cc1c([N+](=O)[O-])ccc2c1-c1cc3ccccc3n1Cc1ccccc1C2. The Morgan fingerprint density at radius 1 is 0.926 bits per heavy atom. The maximum atomic E-state index is 11.5. The Bertz CT molecular complexity index is 1220. The molecular formula is C23H18N2O2. The van der Waals surface area contributed by atoms with Crippen LogP contribution >= 0.6 is 0 Å². The Kier molecular flexibility index (Phi) is 3.41. The third-order valence-electron chi connectivity index (χ3n) is 5.61. The van der Waals surface area contributed by atoms with Crippen LogP contribution in [0.15, 0.2) is 66.7 Å². The summed E-state index contributed by atoms with van der Waals surface area (Å²) in [6.45, 7) is 2.63. The molecule has 132 valence electrons. The average Bonchev–Trinajstić information content (AvgIpc) is 2.99. The van der Waals surface area contributed by atoms with Crippen LogP contribution in [0, 0.1) is 17.0 Å². The standard InChI is InChI=1S/C23H18N2O2/c1-15-20(25(26)27)11-10-18-12-16-6-2-3-8-19(16)14-24-21-9-5-4-7-17(21)13-22(24)23(15)18/h2-11,13H,12,14H2,1H3. The minimum atomic E-state index is -0.282. The first kappa shape index (κ1) is 15.8. The van der Waals surface area contributed by atoms with Gasteiger partial charge >= 0.3 is 0 Å². The summed E-state index contributed by atoms with van der Waals surface area (Å²) in [6, 6.07) is 22.5. The third-order valence-corrected chi connectivity index (χ3v) is 5.61. The van der Waals surface area contributed by atoms with Gasteiger partial charge in [0, 0.05) is 34.6 Å². The summed E-state index contributed by atoms with van der Waals surface area (Å²) >= 11 is 0. The lowest BCUT2D eigenvalue weighted by Gasteiger charge is -2.22. The van der Waals surface area contributed by atoms with Gasteiger partial charge in [0.15, 0.2) is 0 Å². The van der Waals surface area contributed by atoms with Gasteiger partial charge < -0.3 is 4.57 Å². The van der Waals surface area contributed by atoms with Crippen molar-refractivity contribution in [3.05, 3.63) is 99.1 Å². The topological polar surface area (TPSA) is 48.1 Å². The molecule has 0 atom stereocenters. The molecule has 4 aromatic rings. The fourth-order valence-electron chi connectivity index (χ4n) is 4.31. The zero-order chi connectivity index (χ0) is 18.5. The van der Waals surface area contributed by atoms with Crippen LogP contribution in [-0.2, 0) is 13.0 Å². The number of rotatable bonds is 1. The molecule has 0 saturated carbocycles. The van der Waals surface area contributed by atoms with Gasteiger partial charge in [-0.05, 0) is 42.2 Å². The predicted molar refractivity (Wildman–Crippen MR) is 107 cm³/mol. The van der Waals surface area contributed by atoms with Gasteiger partial charge in [0.05, 0.1) is 10.6 Å². The van der Waals surface area contributed by atoms with E-state index in [9.17, 15) is 10.1 Å². The van der Waals surface area contributed by atoms with E-state index in [2.05, 4.69) is 47.0 Å². The monoisotopic (exact) mass is 354 g/mol. The summed E-state index contributed by atoms with van der Waals surface area (Å²) in [5.74, 6) is 0. The van der Waals surface area contributed by atoms with Crippen LogP contribution in [0.4, 0.5) is 5.69 Å². The zero-order valence-electron chi connectivity index (χ0n) is 15.0. The van der Waals surface area contributed by atoms with Gasteiger partial charge in [0.1, 0.15) is 0 Å². The fraction of sp³-hybridized carbons (Fsp3) is 0.130. The smallest absolute Gasteiger partial charge is 0.272 e. The first-order valence-corrected chi connectivity index (χ1v) is 9.06. The van der Waals surface area contributed by atoms with Gasteiger partial charge in [-0.3, -0.25) is 10.1 Å². The van der Waals surface area contributed by atoms with Crippen molar-refractivity contribution in [1.29, 1.82) is 0 Å². The maximum absolute atomic E-state index is 11.5. The summed E-state index contributed by atoms with van der Waals surface area (Å²) in [6.07, 6.45) is 0.784. The van der Waals surface area contributed by atoms with Crippen molar-refractivity contribution >= 4 is 16.6 Å². The van der Waals surface area contributed by atoms with Crippen molar-refractivity contribution in [1.82, 2.24) is 4.57 Å². The Balaban J connectivity index is 1.91. The molecule has 4 heteroatoms. The number of nitro groups is 1. The van der Waals surface area contributed by atoms with E-state index in [1.807, 2.05) is 25.1 Å². The van der Waals surface area contributed by atoms with Gasteiger partial charge in [-0.15, -0.1) is 0 Å². The minimum Gasteiger partial charge on any atom is -0.336 e. The second kappa shape index (κ2) is 5.81. The van der Waals surface area contributed by atoms with Crippen molar-refractivity contribution in [2.75, 3.05) is 0 Å². The molecule has 5 rings (SSSR count). The average molecular weight is 354 g/mol. The van der Waals surface area contributed by atoms with Crippen molar-refractivity contribution < 1.29 is 4.92 Å². The highest BCUT2D eigenvalue weighted by Gasteiger charge is 2.24. The number of nitro benzene ring substituents is 1. The van der Waals surface area contributed by atoms with Crippen molar-refractivity contribution in [3.8, 4) is 11.3 Å². The van der Waals surface area contributed by atoms with E-state index >= 15 is 0 Å². The summed E-state index contributed by atoms with van der Waals surface area (Å²) in [4.78, 5) is 11.3. The van der Waals surface area contributed by atoms with Crippen LogP contribution in [0.3, 0.4) is 0 Å². The van der Waals surface area contributed by atoms with Crippen LogP contribution < -0.4 is 0 Å². The summed E-state index contributed by atoms with van der Waals surface area (Å²) in [5, 5.41) is 12.7. The third kappa shape index (κ3) is 2.37. The van der Waals surface area contributed by atoms with Crippen molar-refractivity contribution in [3.63, 3.8) is 0 Å². The summed E-state index contributed by atoms with van der Waals surface area (Å²) < 4.78 is 2.29. The van der Waals surface area contributed by atoms with Crippen LogP contribution in [0.5, 0.6) is 0 Å². The second-order valence-corrected chi connectivity index (χ2v) is 7.12. The van der Waals surface area contributed by atoms with Crippen LogP contribution in [0.25, 0.3) is 22.2 Å². The molecule has 0 bridgehead atoms. The first-order chi connectivity index (χ1) is 13.1. The van der Waals surface area contributed by atoms with E-state index in [4.69, 9.17) is 0 Å². The Hall–Kier alpha value is -3.40. The van der Waals surface area contributed by atoms with E-state index in [1.165, 1.54) is 11.1 Å². The highest BCUT2D eigenvalue weighted by atomic mass is 16.6. The van der Waals surface area contributed by atoms with Gasteiger partial charge in [-0.25, -0.2) is 0 Å². The highest BCUT2D eigenvalue weighted by molar-refractivity contribution is 5.89. The molecule has 2 heterocycles. The molecule has 1 aromatic heterocycles. The molecule has 0 saturated heterocycles. The summed E-state index contributed by atoms with van der Waals surface area (Å²) in [5.41, 5.74) is 7.82. The molecule has 27 heavy (non-hydrogen) atoms. The fourth-order valence-corrected chi connectivity index (χ4v) is 4.31. The number of aromatic nitrogens is 1. The zero-order valence-corrected chi connectivity index (χ0v) is 15.0. The lowest BCUT2D eigenvalue weighted by molar-refractivity contribution is -0.385. The molecule has 1 aliphatic rings. The van der Waals surface area contributed by atoms with Gasteiger partial charge in [0.2, 0.25) is 0 Å². The van der Waals surface area contributed by atoms with Crippen LogP contribution in [0.2, 0.25) is 0 Å². The number of benzene rings is 3. The van der Waals surface area contributed by atoms with Gasteiger partial charge in [-0.1, -0.05) is 48.5 Å². The highest BCUT2D eigenvalue weighted by Crippen LogP contribution is 2.39.